The number of nitrogens with zero attached hydrogens (tertiary/aromatic N) is 10. The third kappa shape index (κ3) is 12.5. The molecule has 21 nitrogen and oxygen atoms in total. The summed E-state index contributed by atoms with van der Waals surface area (Å²) in [5.74, 6) is 8.69. The van der Waals surface area contributed by atoms with Gasteiger partial charge in [0.25, 0.3) is 0 Å². The highest BCUT2D eigenvalue weighted by molar-refractivity contribution is 14.1. The number of fused-ring (bicyclic) bond motifs is 4. The lowest BCUT2D eigenvalue weighted by Crippen LogP contribution is -2.18. The smallest absolute Gasteiger partial charge is 0.237 e. The molecule has 0 unspecified atom stereocenters. The molecule has 0 amide bonds. The number of rotatable bonds is 14. The summed E-state index contributed by atoms with van der Waals surface area (Å²) in [5.41, 5.74) is 21.2. The van der Waals surface area contributed by atoms with E-state index in [0.717, 1.165) is 163 Å². The van der Waals surface area contributed by atoms with Crippen LogP contribution in [0.1, 0.15) is 193 Å². The van der Waals surface area contributed by atoms with Crippen molar-refractivity contribution in [1.82, 2.24) is 59.7 Å². The molecule has 0 aliphatic heterocycles. The van der Waals surface area contributed by atoms with Crippen molar-refractivity contribution in [3.8, 4) is 44.5 Å². The summed E-state index contributed by atoms with van der Waals surface area (Å²) >= 11 is 2.36. The molecule has 0 saturated heterocycles. The number of aromatic nitrogens is 12. The zero-order valence-corrected chi connectivity index (χ0v) is 57.0. The van der Waals surface area contributed by atoms with Crippen molar-refractivity contribution >= 4 is 94.3 Å². The SMILES string of the molecule is C.CCC(=O)c1cc(-c2c(C)noc2C)cc2c1nc(C1CC1)n2C.CCC(=O)c1cc(-c2c(C)noc2C)cc2nc(C3CC3)n(C)c12.Cc1noc(C)c1-c1cc(C)c2nc(NS(=O)(=O)C3CC3)[nH]c2c1.Cc1noc(C)c1-c1cc(I)c2nc(C3CC3)[nH]c2c1. The van der Waals surface area contributed by atoms with Crippen LogP contribution in [0, 0.1) is 65.9 Å². The van der Waals surface area contributed by atoms with Gasteiger partial charge in [-0.15, -0.1) is 0 Å². The number of benzene rings is 4. The van der Waals surface area contributed by atoms with Crippen LogP contribution in [0.5, 0.6) is 0 Å². The van der Waals surface area contributed by atoms with E-state index >= 15 is 0 Å². The van der Waals surface area contributed by atoms with Crippen LogP contribution in [-0.2, 0) is 24.1 Å². The van der Waals surface area contributed by atoms with Gasteiger partial charge < -0.3 is 37.2 Å². The molecule has 93 heavy (non-hydrogen) atoms. The predicted molar refractivity (Wildman–Crippen MR) is 368 cm³/mol. The van der Waals surface area contributed by atoms with Gasteiger partial charge in [-0.2, -0.15) is 0 Å². The molecule has 484 valence electrons. The van der Waals surface area contributed by atoms with Gasteiger partial charge in [0.15, 0.2) is 11.6 Å². The number of imidazole rings is 4. The zero-order chi connectivity index (χ0) is 64.9. The van der Waals surface area contributed by atoms with E-state index in [1.54, 1.807) is 0 Å². The van der Waals surface area contributed by atoms with Crippen molar-refractivity contribution in [2.45, 2.75) is 171 Å². The lowest BCUT2D eigenvalue weighted by molar-refractivity contribution is 0.0981. The van der Waals surface area contributed by atoms with E-state index in [9.17, 15) is 18.0 Å². The molecule has 4 aliphatic rings. The van der Waals surface area contributed by atoms with Crippen molar-refractivity contribution < 1.29 is 36.1 Å². The summed E-state index contributed by atoms with van der Waals surface area (Å²) < 4.78 is 53.2. The topological polar surface area (TPSA) is 277 Å². The maximum absolute atomic E-state index is 12.6. The first-order chi connectivity index (χ1) is 44.0. The number of H-pyrrole nitrogens is 2. The third-order valence-electron chi connectivity index (χ3n) is 17.9. The number of hydrogen-bond acceptors (Lipinski definition) is 16. The first-order valence-electron chi connectivity index (χ1n) is 31.5. The molecule has 4 saturated carbocycles. The standard InChI is InChI=1S/2C19H21N3O2.C16H18N4O3S.C15H14IN3O.CH4/c1-5-16(23)14-8-13(17-10(2)21-24-11(17)3)9-15-18(14)20-19(22(15)4)12-6-7-12;1-5-16(23)14-8-13(17-10(2)21-24-11(17)3)9-15-18(14)22(4)19(20-15)12-6-7-12;1-8-6-11(14-9(2)19-23-10(14)3)7-13-15(8)18-16(17-13)20-24(21,22)12-4-5-12;1-7-13(8(2)20-19-7)10-5-11(16)14-12(6-10)17-15(18-14)9-3-4-9;/h2*8-9,12H,5-7H2,1-4H3;6-7,12H,4-5H2,1-3H3,(H2,17,18,20);5-6,9H,3-4H2,1-2H3,(H,17,18);1H4. The molecule has 12 aromatic rings. The van der Waals surface area contributed by atoms with Gasteiger partial charge in [-0.05, 0) is 213 Å². The van der Waals surface area contributed by atoms with Crippen molar-refractivity contribution in [1.29, 1.82) is 0 Å². The van der Waals surface area contributed by atoms with E-state index < -0.39 is 10.0 Å². The number of anilines is 1. The van der Waals surface area contributed by atoms with Crippen molar-refractivity contribution in [2.75, 3.05) is 4.72 Å². The Labute approximate surface area is 552 Å². The molecule has 3 N–H and O–H groups in total. The monoisotopic (exact) mass is 1390 g/mol. The fraction of sp³-hybridized carbons (Fsp3) is 0.400. The van der Waals surface area contributed by atoms with Gasteiger partial charge in [0, 0.05) is 81.6 Å². The number of aromatic amines is 2. The number of carbonyl (C=O) groups excluding carboxylic acids is 2. The van der Waals surface area contributed by atoms with Crippen LogP contribution in [0.4, 0.5) is 5.95 Å². The maximum atomic E-state index is 12.6. The zero-order valence-electron chi connectivity index (χ0n) is 54.0. The van der Waals surface area contributed by atoms with Crippen molar-refractivity contribution in [3.05, 3.63) is 132 Å². The van der Waals surface area contributed by atoms with E-state index in [-0.39, 0.29) is 30.2 Å². The molecule has 0 atom stereocenters. The largest absolute Gasteiger partial charge is 0.361 e. The fourth-order valence-corrected chi connectivity index (χ4v) is 14.7. The van der Waals surface area contributed by atoms with Gasteiger partial charge >= 0.3 is 0 Å². The summed E-state index contributed by atoms with van der Waals surface area (Å²) in [4.78, 5) is 50.4. The average molecular weight is 1390 g/mol. The highest BCUT2D eigenvalue weighted by Crippen LogP contribution is 2.45. The molecule has 23 heteroatoms. The second kappa shape index (κ2) is 25.0. The summed E-state index contributed by atoms with van der Waals surface area (Å²) in [6.07, 6.45) is 9.63. The number of sulfonamides is 1. The van der Waals surface area contributed by atoms with E-state index in [4.69, 9.17) is 33.0 Å². The van der Waals surface area contributed by atoms with Crippen LogP contribution in [0.3, 0.4) is 0 Å². The van der Waals surface area contributed by atoms with E-state index in [1.807, 2.05) is 115 Å². The van der Waals surface area contributed by atoms with Gasteiger partial charge in [0.1, 0.15) is 46.0 Å². The molecule has 0 spiro atoms. The van der Waals surface area contributed by atoms with Crippen LogP contribution in [0.25, 0.3) is 88.6 Å². The Kier molecular flexibility index (Phi) is 17.4. The lowest BCUT2D eigenvalue weighted by atomic mass is 9.98. The molecule has 4 aliphatic carbocycles. The Balaban J connectivity index is 0.000000119. The Morgan fingerprint density at radius 1 is 0.538 bits per heavy atom. The normalized spacial score (nSPS) is 14.6. The molecule has 4 aromatic carbocycles. The van der Waals surface area contributed by atoms with Crippen molar-refractivity contribution in [2.24, 2.45) is 14.1 Å². The number of aryl methyl sites for hydroxylation is 11. The summed E-state index contributed by atoms with van der Waals surface area (Å²) in [7, 11) is 0.725. The number of Topliss-reactive ketones (excluding diaryl/α,β-unsaturated/α-hetero) is 2. The van der Waals surface area contributed by atoms with Crippen molar-refractivity contribution in [3.63, 3.8) is 0 Å². The second-order valence-corrected chi connectivity index (χ2v) is 28.2. The number of carbonyl (C=O) groups is 2. The van der Waals surface area contributed by atoms with Gasteiger partial charge in [-0.25, -0.2) is 28.4 Å². The minimum Gasteiger partial charge on any atom is -0.361 e. The van der Waals surface area contributed by atoms with Gasteiger partial charge in [-0.1, -0.05) is 41.9 Å². The molecular weight excluding hydrogens is 1310 g/mol. The van der Waals surface area contributed by atoms with Crippen LogP contribution in [0.2, 0.25) is 0 Å². The minimum absolute atomic E-state index is 0. The van der Waals surface area contributed by atoms with Crippen LogP contribution >= 0.6 is 22.6 Å². The quantitative estimate of drug-likeness (QED) is 0.0674. The highest BCUT2D eigenvalue weighted by Gasteiger charge is 2.37. The van der Waals surface area contributed by atoms with Crippen LogP contribution in [-0.4, -0.2) is 84.9 Å². The Morgan fingerprint density at radius 2 is 1.00 bits per heavy atom. The first kappa shape index (κ1) is 64.5. The molecule has 0 radical (unpaired) electrons. The Morgan fingerprint density at radius 3 is 1.48 bits per heavy atom. The number of hydrogen-bond donors (Lipinski definition) is 3. The second-order valence-electron chi connectivity index (χ2n) is 25.1. The minimum atomic E-state index is -3.34. The number of halogens is 1. The van der Waals surface area contributed by atoms with E-state index in [2.05, 4.69) is 96.3 Å². The molecular formula is C70H78IN13O8S. The third-order valence-corrected chi connectivity index (χ3v) is 20.6. The molecule has 8 aromatic heterocycles. The average Bonchev–Trinajstić information content (AvgIpc) is 1.63. The van der Waals surface area contributed by atoms with Gasteiger partial charge in [-0.3, -0.25) is 14.3 Å². The molecule has 0 bridgehead atoms. The lowest BCUT2D eigenvalue weighted by Gasteiger charge is -2.08. The Hall–Kier alpha value is -8.58. The maximum Gasteiger partial charge on any atom is 0.237 e. The van der Waals surface area contributed by atoms with Crippen LogP contribution < -0.4 is 4.72 Å². The number of nitrogens with one attached hydrogen (secondary N) is 3. The van der Waals surface area contributed by atoms with E-state index in [1.165, 1.54) is 42.1 Å². The van der Waals surface area contributed by atoms with Gasteiger partial charge in [0.05, 0.1) is 66.6 Å². The van der Waals surface area contributed by atoms with E-state index in [0.29, 0.717) is 49.0 Å². The predicted octanol–water partition coefficient (Wildman–Crippen LogP) is 16.6. The number of ketones is 2. The summed E-state index contributed by atoms with van der Waals surface area (Å²) in [6.45, 7) is 21.1. The summed E-state index contributed by atoms with van der Waals surface area (Å²) in [5, 5.41) is 15.8. The Bertz CT molecular complexity index is 4950. The summed E-state index contributed by atoms with van der Waals surface area (Å²) in [6, 6.07) is 16.3. The van der Waals surface area contributed by atoms with Crippen LogP contribution in [0.15, 0.2) is 66.6 Å². The molecule has 4 fully saturated rings. The highest BCUT2D eigenvalue weighted by atomic mass is 127. The molecule has 16 rings (SSSR count). The van der Waals surface area contributed by atoms with Gasteiger partial charge in [0.2, 0.25) is 16.0 Å². The fourth-order valence-electron chi connectivity index (χ4n) is 12.6. The first-order valence-corrected chi connectivity index (χ1v) is 34.1. The molecule has 8 heterocycles.